The average molecular weight is 280 g/mol. The second-order valence-electron chi connectivity index (χ2n) is 5.32. The Hall–Kier alpha value is -1.36. The number of nitrogens with zero attached hydrogens (tertiary/aromatic N) is 2. The molecule has 1 rings (SSSR count). The van der Waals surface area contributed by atoms with Crippen molar-refractivity contribution >= 4 is 11.6 Å². The zero-order valence-corrected chi connectivity index (χ0v) is 13.1. The predicted octanol–water partition coefficient (Wildman–Crippen LogP) is 2.68. The molecule has 0 aromatic carbocycles. The zero-order valence-electron chi connectivity index (χ0n) is 13.1. The first-order valence-corrected chi connectivity index (χ1v) is 7.59. The minimum Gasteiger partial charge on any atom is -0.396 e. The van der Waals surface area contributed by atoms with Crippen LogP contribution in [-0.4, -0.2) is 34.3 Å². The first-order chi connectivity index (χ1) is 9.63. The summed E-state index contributed by atoms with van der Waals surface area (Å²) in [6.07, 6.45) is 4.65. The molecule has 5 nitrogen and oxygen atoms in total. The van der Waals surface area contributed by atoms with Gasteiger partial charge < -0.3 is 15.7 Å². The van der Waals surface area contributed by atoms with E-state index >= 15 is 0 Å². The molecule has 0 bridgehead atoms. The van der Waals surface area contributed by atoms with Gasteiger partial charge in [-0.25, -0.2) is 9.97 Å². The monoisotopic (exact) mass is 280 g/mol. The Morgan fingerprint density at radius 3 is 2.45 bits per heavy atom. The van der Waals surface area contributed by atoms with E-state index in [-0.39, 0.29) is 18.6 Å². The fourth-order valence-electron chi connectivity index (χ4n) is 1.94. The van der Waals surface area contributed by atoms with Crippen molar-refractivity contribution in [3.05, 3.63) is 11.9 Å². The van der Waals surface area contributed by atoms with E-state index in [4.69, 9.17) is 0 Å². The molecule has 20 heavy (non-hydrogen) atoms. The summed E-state index contributed by atoms with van der Waals surface area (Å²) in [6, 6.07) is 0.171. The number of hydrogen-bond acceptors (Lipinski definition) is 5. The van der Waals surface area contributed by atoms with Crippen molar-refractivity contribution in [1.82, 2.24) is 9.97 Å². The van der Waals surface area contributed by atoms with Crippen LogP contribution in [0.2, 0.25) is 0 Å². The molecule has 0 fully saturated rings. The van der Waals surface area contributed by atoms with Crippen molar-refractivity contribution in [2.45, 2.75) is 53.0 Å². The molecule has 0 saturated carbocycles. The molecule has 0 radical (unpaired) electrons. The topological polar surface area (TPSA) is 70.1 Å². The van der Waals surface area contributed by atoms with Gasteiger partial charge in [0.1, 0.15) is 18.0 Å². The summed E-state index contributed by atoms with van der Waals surface area (Å²) >= 11 is 0. The van der Waals surface area contributed by atoms with Crippen molar-refractivity contribution in [2.75, 3.05) is 23.8 Å². The number of nitrogens with one attached hydrogen (secondary N) is 2. The fourth-order valence-corrected chi connectivity index (χ4v) is 1.94. The van der Waals surface area contributed by atoms with Crippen LogP contribution >= 0.6 is 0 Å². The van der Waals surface area contributed by atoms with Crippen molar-refractivity contribution in [3.63, 3.8) is 0 Å². The van der Waals surface area contributed by atoms with Crippen molar-refractivity contribution in [1.29, 1.82) is 0 Å². The number of anilines is 2. The molecule has 1 heterocycles. The summed E-state index contributed by atoms with van der Waals surface area (Å²) in [5.41, 5.74) is 1.14. The highest BCUT2D eigenvalue weighted by molar-refractivity contribution is 5.57. The average Bonchev–Trinajstić information content (AvgIpc) is 2.46. The summed E-state index contributed by atoms with van der Waals surface area (Å²) in [5.74, 6) is 2.00. The minimum atomic E-state index is 0.170. The molecule has 0 saturated heterocycles. The fraction of sp³-hybridized carbons (Fsp3) is 0.733. The number of rotatable bonds is 9. The van der Waals surface area contributed by atoms with Crippen LogP contribution in [0.3, 0.4) is 0 Å². The van der Waals surface area contributed by atoms with Gasteiger partial charge >= 0.3 is 0 Å². The van der Waals surface area contributed by atoms with Crippen LogP contribution < -0.4 is 10.6 Å². The largest absolute Gasteiger partial charge is 0.396 e. The van der Waals surface area contributed by atoms with Gasteiger partial charge in [0.2, 0.25) is 0 Å². The molecule has 3 N–H and O–H groups in total. The van der Waals surface area contributed by atoms with Gasteiger partial charge in [-0.15, -0.1) is 0 Å². The molecule has 0 aliphatic rings. The number of aliphatic hydroxyl groups is 1. The van der Waals surface area contributed by atoms with Crippen molar-refractivity contribution < 1.29 is 5.11 Å². The highest BCUT2D eigenvalue weighted by Gasteiger charge is 2.16. The van der Waals surface area contributed by atoms with Crippen molar-refractivity contribution in [3.8, 4) is 0 Å². The standard InChI is InChI=1S/C15H28N4O/c1-5-7-13-14(16-8-6-2)17-10-18-15(13)19-12(4)11(3)9-20/h10-12,20H,5-9H2,1-4H3,(H2,16,17,18,19). The van der Waals surface area contributed by atoms with E-state index in [1.54, 1.807) is 6.33 Å². The lowest BCUT2D eigenvalue weighted by Gasteiger charge is -2.22. The Bertz CT molecular complexity index is 397. The molecular formula is C15H28N4O. The maximum absolute atomic E-state index is 9.24. The van der Waals surface area contributed by atoms with Gasteiger partial charge in [-0.1, -0.05) is 27.2 Å². The Balaban J connectivity index is 2.93. The molecule has 5 heteroatoms. The van der Waals surface area contributed by atoms with Crippen LogP contribution in [0.1, 0.15) is 46.1 Å². The molecule has 2 atom stereocenters. The first-order valence-electron chi connectivity index (χ1n) is 7.59. The van der Waals surface area contributed by atoms with E-state index in [0.717, 1.165) is 43.0 Å². The quantitative estimate of drug-likeness (QED) is 0.649. The van der Waals surface area contributed by atoms with Crippen molar-refractivity contribution in [2.24, 2.45) is 5.92 Å². The Labute approximate surface area is 122 Å². The highest BCUT2D eigenvalue weighted by Crippen LogP contribution is 2.23. The zero-order chi connectivity index (χ0) is 15.0. The van der Waals surface area contributed by atoms with Gasteiger partial charge in [0.25, 0.3) is 0 Å². The Kier molecular flexibility index (Phi) is 7.30. The molecule has 114 valence electrons. The van der Waals surface area contributed by atoms with E-state index < -0.39 is 0 Å². The predicted molar refractivity (Wildman–Crippen MR) is 84.1 cm³/mol. The summed E-state index contributed by atoms with van der Waals surface area (Å²) in [7, 11) is 0. The normalized spacial score (nSPS) is 13.8. The smallest absolute Gasteiger partial charge is 0.134 e. The second kappa shape index (κ2) is 8.74. The third-order valence-corrected chi connectivity index (χ3v) is 3.49. The highest BCUT2D eigenvalue weighted by atomic mass is 16.3. The molecular weight excluding hydrogens is 252 g/mol. The van der Waals surface area contributed by atoms with E-state index in [1.165, 1.54) is 0 Å². The summed E-state index contributed by atoms with van der Waals surface area (Å²) in [4.78, 5) is 8.74. The molecule has 0 aliphatic heterocycles. The minimum absolute atomic E-state index is 0.170. The third-order valence-electron chi connectivity index (χ3n) is 3.49. The van der Waals surface area contributed by atoms with Crippen LogP contribution in [0.5, 0.6) is 0 Å². The number of aromatic nitrogens is 2. The lowest BCUT2D eigenvalue weighted by molar-refractivity contribution is 0.226. The lowest BCUT2D eigenvalue weighted by atomic mass is 10.0. The third kappa shape index (κ3) is 4.63. The summed E-state index contributed by atoms with van der Waals surface area (Å²) in [5, 5.41) is 16.0. The van der Waals surface area contributed by atoms with E-state index in [0.29, 0.717) is 0 Å². The van der Waals surface area contributed by atoms with E-state index in [9.17, 15) is 5.11 Å². The van der Waals surface area contributed by atoms with Gasteiger partial charge in [-0.05, 0) is 25.7 Å². The Morgan fingerprint density at radius 2 is 1.85 bits per heavy atom. The van der Waals surface area contributed by atoms with Gasteiger partial charge in [0.15, 0.2) is 0 Å². The van der Waals surface area contributed by atoms with Crippen LogP contribution in [-0.2, 0) is 6.42 Å². The molecule has 1 aromatic heterocycles. The molecule has 0 aliphatic carbocycles. The SMILES string of the molecule is CCCNc1ncnc(NC(C)C(C)CO)c1CCC. The van der Waals surface area contributed by atoms with Gasteiger partial charge in [-0.2, -0.15) is 0 Å². The van der Waals surface area contributed by atoms with E-state index in [2.05, 4.69) is 41.4 Å². The Morgan fingerprint density at radius 1 is 1.15 bits per heavy atom. The number of aliphatic hydroxyl groups excluding tert-OH is 1. The van der Waals surface area contributed by atoms with Crippen LogP contribution in [0.15, 0.2) is 6.33 Å². The van der Waals surface area contributed by atoms with Gasteiger partial charge in [0, 0.05) is 24.8 Å². The second-order valence-corrected chi connectivity index (χ2v) is 5.32. The van der Waals surface area contributed by atoms with E-state index in [1.807, 2.05) is 6.92 Å². The molecule has 0 spiro atoms. The molecule has 2 unspecified atom stereocenters. The van der Waals surface area contributed by atoms with Crippen LogP contribution in [0.25, 0.3) is 0 Å². The number of hydrogen-bond donors (Lipinski definition) is 3. The summed E-state index contributed by atoms with van der Waals surface area (Å²) in [6.45, 7) is 9.46. The van der Waals surface area contributed by atoms with Crippen LogP contribution in [0.4, 0.5) is 11.6 Å². The summed E-state index contributed by atoms with van der Waals surface area (Å²) < 4.78 is 0. The first kappa shape index (κ1) is 16.7. The van der Waals surface area contributed by atoms with Crippen LogP contribution in [0, 0.1) is 5.92 Å². The lowest BCUT2D eigenvalue weighted by Crippen LogP contribution is -2.27. The van der Waals surface area contributed by atoms with Gasteiger partial charge in [-0.3, -0.25) is 0 Å². The molecule has 0 amide bonds. The maximum atomic E-state index is 9.24. The maximum Gasteiger partial charge on any atom is 0.134 e. The van der Waals surface area contributed by atoms with Gasteiger partial charge in [0.05, 0.1) is 0 Å². The molecule has 1 aromatic rings.